The van der Waals surface area contributed by atoms with Crippen LogP contribution in [-0.4, -0.2) is 36.3 Å². The van der Waals surface area contributed by atoms with E-state index in [4.69, 9.17) is 0 Å². The van der Waals surface area contributed by atoms with E-state index in [1.54, 1.807) is 6.20 Å². The summed E-state index contributed by atoms with van der Waals surface area (Å²) in [6.45, 7) is 0. The molecule has 0 radical (unpaired) electrons. The van der Waals surface area contributed by atoms with Crippen LogP contribution in [0, 0.1) is 0 Å². The maximum Gasteiger partial charge on any atom is 0.251 e. The van der Waals surface area contributed by atoms with Crippen LogP contribution in [-0.2, 0) is 0 Å². The van der Waals surface area contributed by atoms with Crippen molar-refractivity contribution in [2.75, 3.05) is 36.3 Å². The summed E-state index contributed by atoms with van der Waals surface area (Å²) in [7, 11) is 5.95. The van der Waals surface area contributed by atoms with Crippen molar-refractivity contribution in [3.63, 3.8) is 0 Å². The molecule has 0 spiro atoms. The predicted octanol–water partition coefficient (Wildman–Crippen LogP) is 3.45. The first-order chi connectivity index (χ1) is 11.6. The number of anilines is 5. The lowest BCUT2D eigenvalue weighted by molar-refractivity contribution is 0.932. The van der Waals surface area contributed by atoms with Gasteiger partial charge in [0.1, 0.15) is 0 Å². The highest BCUT2D eigenvalue weighted by Gasteiger charge is 2.08. The standard InChI is InChI=1S/C18H20N6/c1-23(2)15-11-9-14(10-12-15)20-17-13-19-22-18(21-17)24(3)16-7-5-4-6-8-16/h4-13H,1-3H3,(H,20,21,22). The molecule has 0 aliphatic carbocycles. The second-order valence-electron chi connectivity index (χ2n) is 5.60. The molecule has 1 aromatic heterocycles. The summed E-state index contributed by atoms with van der Waals surface area (Å²) in [4.78, 5) is 8.49. The lowest BCUT2D eigenvalue weighted by Crippen LogP contribution is -2.14. The van der Waals surface area contributed by atoms with Crippen LogP contribution in [0.1, 0.15) is 0 Å². The molecule has 1 heterocycles. The first kappa shape index (κ1) is 15.7. The van der Waals surface area contributed by atoms with E-state index >= 15 is 0 Å². The fraction of sp³-hybridized carbons (Fsp3) is 0.167. The van der Waals surface area contributed by atoms with E-state index in [9.17, 15) is 0 Å². The molecule has 0 fully saturated rings. The second-order valence-corrected chi connectivity index (χ2v) is 5.60. The van der Waals surface area contributed by atoms with Crippen molar-refractivity contribution in [2.24, 2.45) is 0 Å². The highest BCUT2D eigenvalue weighted by atomic mass is 15.3. The summed E-state index contributed by atoms with van der Waals surface area (Å²) in [5.41, 5.74) is 3.10. The van der Waals surface area contributed by atoms with Gasteiger partial charge in [-0.1, -0.05) is 18.2 Å². The molecule has 0 aliphatic rings. The Balaban J connectivity index is 1.78. The zero-order valence-corrected chi connectivity index (χ0v) is 14.0. The molecule has 0 amide bonds. The van der Waals surface area contributed by atoms with Gasteiger partial charge in [-0.25, -0.2) is 0 Å². The molecule has 0 saturated carbocycles. The van der Waals surface area contributed by atoms with Gasteiger partial charge >= 0.3 is 0 Å². The molecule has 0 saturated heterocycles. The number of rotatable bonds is 5. The highest BCUT2D eigenvalue weighted by molar-refractivity contribution is 5.62. The molecule has 24 heavy (non-hydrogen) atoms. The zero-order valence-electron chi connectivity index (χ0n) is 14.0. The van der Waals surface area contributed by atoms with Crippen LogP contribution >= 0.6 is 0 Å². The number of hydrogen-bond acceptors (Lipinski definition) is 6. The average molecular weight is 320 g/mol. The van der Waals surface area contributed by atoms with Crippen molar-refractivity contribution in [3.8, 4) is 0 Å². The number of nitrogens with zero attached hydrogens (tertiary/aromatic N) is 5. The second kappa shape index (κ2) is 6.95. The topological polar surface area (TPSA) is 57.2 Å². The number of aromatic nitrogens is 3. The van der Waals surface area contributed by atoms with Crippen molar-refractivity contribution >= 4 is 28.8 Å². The van der Waals surface area contributed by atoms with Crippen molar-refractivity contribution in [3.05, 3.63) is 60.8 Å². The summed E-state index contributed by atoms with van der Waals surface area (Å²) in [5, 5.41) is 11.4. The fourth-order valence-corrected chi connectivity index (χ4v) is 2.25. The van der Waals surface area contributed by atoms with Crippen LogP contribution < -0.4 is 15.1 Å². The normalized spacial score (nSPS) is 10.3. The van der Waals surface area contributed by atoms with Crippen molar-refractivity contribution in [1.82, 2.24) is 15.2 Å². The van der Waals surface area contributed by atoms with Gasteiger partial charge in [0, 0.05) is 38.2 Å². The summed E-state index contributed by atoms with van der Waals surface area (Å²) >= 11 is 0. The van der Waals surface area contributed by atoms with E-state index in [-0.39, 0.29) is 0 Å². The Morgan fingerprint density at radius 1 is 0.833 bits per heavy atom. The molecule has 0 aliphatic heterocycles. The summed E-state index contributed by atoms with van der Waals surface area (Å²) in [5.74, 6) is 1.19. The SMILES string of the molecule is CN(C)c1ccc(Nc2cnnc(N(C)c3ccccc3)n2)cc1. The van der Waals surface area contributed by atoms with E-state index in [1.807, 2.05) is 80.6 Å². The summed E-state index contributed by atoms with van der Waals surface area (Å²) in [6, 6.07) is 18.1. The van der Waals surface area contributed by atoms with E-state index in [0.717, 1.165) is 17.1 Å². The summed E-state index contributed by atoms with van der Waals surface area (Å²) < 4.78 is 0. The molecular weight excluding hydrogens is 300 g/mol. The lowest BCUT2D eigenvalue weighted by atomic mass is 10.2. The Morgan fingerprint density at radius 3 is 2.21 bits per heavy atom. The molecule has 6 heteroatoms. The lowest BCUT2D eigenvalue weighted by Gasteiger charge is -2.17. The summed E-state index contributed by atoms with van der Waals surface area (Å²) in [6.07, 6.45) is 1.61. The third-order valence-electron chi connectivity index (χ3n) is 3.65. The van der Waals surface area contributed by atoms with Gasteiger partial charge in [0.05, 0.1) is 6.20 Å². The van der Waals surface area contributed by atoms with Gasteiger partial charge < -0.3 is 15.1 Å². The quantitative estimate of drug-likeness (QED) is 0.777. The van der Waals surface area contributed by atoms with Crippen LogP contribution in [0.2, 0.25) is 0 Å². The van der Waals surface area contributed by atoms with Crippen LogP contribution in [0.4, 0.5) is 28.8 Å². The minimum Gasteiger partial charge on any atom is -0.378 e. The third kappa shape index (κ3) is 3.60. The molecule has 0 atom stereocenters. The highest BCUT2D eigenvalue weighted by Crippen LogP contribution is 2.22. The van der Waals surface area contributed by atoms with Crippen LogP contribution in [0.5, 0.6) is 0 Å². The molecule has 3 aromatic rings. The Morgan fingerprint density at radius 2 is 1.54 bits per heavy atom. The van der Waals surface area contributed by atoms with Crippen LogP contribution in [0.25, 0.3) is 0 Å². The van der Waals surface area contributed by atoms with Crippen molar-refractivity contribution in [2.45, 2.75) is 0 Å². The molecule has 1 N–H and O–H groups in total. The first-order valence-corrected chi connectivity index (χ1v) is 7.66. The van der Waals surface area contributed by atoms with E-state index in [2.05, 4.69) is 25.4 Å². The van der Waals surface area contributed by atoms with Crippen molar-refractivity contribution < 1.29 is 0 Å². The molecule has 3 rings (SSSR count). The minimum atomic E-state index is 0.538. The van der Waals surface area contributed by atoms with Gasteiger partial charge in [0.15, 0.2) is 5.82 Å². The molecule has 6 nitrogen and oxygen atoms in total. The molecule has 2 aromatic carbocycles. The van der Waals surface area contributed by atoms with E-state index in [1.165, 1.54) is 0 Å². The number of hydrogen-bond donors (Lipinski definition) is 1. The molecule has 122 valence electrons. The first-order valence-electron chi connectivity index (χ1n) is 7.66. The fourth-order valence-electron chi connectivity index (χ4n) is 2.25. The van der Waals surface area contributed by atoms with Crippen molar-refractivity contribution in [1.29, 1.82) is 0 Å². The molecular formula is C18H20N6. The molecule has 0 bridgehead atoms. The minimum absolute atomic E-state index is 0.538. The Kier molecular flexibility index (Phi) is 4.56. The van der Waals surface area contributed by atoms with Gasteiger partial charge in [-0.05, 0) is 36.4 Å². The van der Waals surface area contributed by atoms with Crippen LogP contribution in [0.15, 0.2) is 60.8 Å². The smallest absolute Gasteiger partial charge is 0.251 e. The average Bonchev–Trinajstić information content (AvgIpc) is 2.62. The number of nitrogens with one attached hydrogen (secondary N) is 1. The van der Waals surface area contributed by atoms with E-state index < -0.39 is 0 Å². The third-order valence-corrected chi connectivity index (χ3v) is 3.65. The maximum atomic E-state index is 4.53. The maximum absolute atomic E-state index is 4.53. The van der Waals surface area contributed by atoms with Gasteiger partial charge in [-0.15, -0.1) is 5.10 Å². The monoisotopic (exact) mass is 320 g/mol. The largest absolute Gasteiger partial charge is 0.378 e. The van der Waals surface area contributed by atoms with Gasteiger partial charge in [-0.3, -0.25) is 0 Å². The van der Waals surface area contributed by atoms with Gasteiger partial charge in [0.2, 0.25) is 0 Å². The van der Waals surface area contributed by atoms with Gasteiger partial charge in [0.25, 0.3) is 5.95 Å². The zero-order chi connectivity index (χ0) is 16.9. The molecule has 0 unspecified atom stereocenters. The van der Waals surface area contributed by atoms with Crippen LogP contribution in [0.3, 0.4) is 0 Å². The number of benzene rings is 2. The van der Waals surface area contributed by atoms with Gasteiger partial charge in [-0.2, -0.15) is 10.1 Å². The predicted molar refractivity (Wildman–Crippen MR) is 98.4 cm³/mol. The Hall–Kier alpha value is -3.15. The Labute approximate surface area is 141 Å². The Bertz CT molecular complexity index is 786. The number of para-hydroxylation sites is 1. The van der Waals surface area contributed by atoms with E-state index in [0.29, 0.717) is 11.8 Å².